The Kier molecular flexibility index (Phi) is 3.29. The van der Waals surface area contributed by atoms with Crippen LogP contribution in [0.1, 0.15) is 0 Å². The molecule has 0 aromatic heterocycles. The minimum atomic E-state index is -5.78. The fourth-order valence-corrected chi connectivity index (χ4v) is 2.26. The number of rotatable bonds is 2. The average molecular weight is 345 g/mol. The fraction of sp³-hybridized carbons (Fsp3) is 0.0769. The van der Waals surface area contributed by atoms with Crippen LogP contribution in [-0.2, 0) is 10.1 Å². The second kappa shape index (κ2) is 4.95. The molecular formula is C13H6F3NO5S. The molecule has 1 heterocycles. The lowest BCUT2D eigenvalue weighted by molar-refractivity contribution is -0.0500. The lowest BCUT2D eigenvalue weighted by Crippen LogP contribution is -2.28. The maximum Gasteiger partial charge on any atom is 0.534 e. The molecule has 1 aromatic rings. The molecule has 2 aliphatic rings. The van der Waals surface area contributed by atoms with Gasteiger partial charge in [0.25, 0.3) is 0 Å². The minimum absolute atomic E-state index is 0.0297. The minimum Gasteiger partial charge on any atom is -0.453 e. The van der Waals surface area contributed by atoms with Gasteiger partial charge in [-0.05, 0) is 24.3 Å². The number of nitrogens with zero attached hydrogens (tertiary/aromatic N) is 1. The highest BCUT2D eigenvalue weighted by molar-refractivity contribution is 7.88. The molecule has 0 amide bonds. The van der Waals surface area contributed by atoms with Crippen molar-refractivity contribution in [2.45, 2.75) is 5.51 Å². The van der Waals surface area contributed by atoms with Gasteiger partial charge in [-0.2, -0.15) is 21.6 Å². The van der Waals surface area contributed by atoms with E-state index in [-0.39, 0.29) is 22.3 Å². The summed E-state index contributed by atoms with van der Waals surface area (Å²) < 4.78 is 68.2. The first-order valence-corrected chi connectivity index (χ1v) is 7.42. The highest BCUT2D eigenvalue weighted by Gasteiger charge is 2.48. The summed E-state index contributed by atoms with van der Waals surface area (Å²) in [4.78, 5) is 15.4. The monoisotopic (exact) mass is 345 g/mol. The number of aromatic nitrogens is 1. The van der Waals surface area contributed by atoms with E-state index in [1.165, 1.54) is 18.2 Å². The Hall–Kier alpha value is -2.62. The highest BCUT2D eigenvalue weighted by atomic mass is 32.2. The van der Waals surface area contributed by atoms with Crippen LogP contribution in [0.15, 0.2) is 45.6 Å². The predicted octanol–water partition coefficient (Wildman–Crippen LogP) is 2.52. The summed E-state index contributed by atoms with van der Waals surface area (Å²) in [5.41, 5.74) is -5.29. The molecule has 0 fully saturated rings. The van der Waals surface area contributed by atoms with Crippen LogP contribution in [0.25, 0.3) is 22.6 Å². The van der Waals surface area contributed by atoms with Crippen LogP contribution in [-0.4, -0.2) is 18.9 Å². The van der Waals surface area contributed by atoms with Gasteiger partial charge in [0.2, 0.25) is 0 Å². The van der Waals surface area contributed by atoms with Crippen LogP contribution >= 0.6 is 0 Å². The molecule has 3 rings (SSSR count). The SMILES string of the molecule is O=c1ccc2nc3ccc(OS(=O)(=O)C(F)(F)F)cc3oc-2c1. The van der Waals surface area contributed by atoms with E-state index in [2.05, 4.69) is 9.17 Å². The maximum absolute atomic E-state index is 12.3. The van der Waals surface area contributed by atoms with E-state index in [4.69, 9.17) is 4.42 Å². The summed E-state index contributed by atoms with van der Waals surface area (Å²) in [5.74, 6) is -0.473. The van der Waals surface area contributed by atoms with Crippen molar-refractivity contribution in [3.8, 4) is 17.2 Å². The van der Waals surface area contributed by atoms with Crippen molar-refractivity contribution in [2.24, 2.45) is 0 Å². The summed E-state index contributed by atoms with van der Waals surface area (Å²) in [6.07, 6.45) is 0. The third kappa shape index (κ3) is 2.84. The van der Waals surface area contributed by atoms with Crippen LogP contribution in [0.5, 0.6) is 5.75 Å². The highest BCUT2D eigenvalue weighted by Crippen LogP contribution is 2.30. The van der Waals surface area contributed by atoms with Gasteiger partial charge >= 0.3 is 15.6 Å². The normalized spacial score (nSPS) is 12.7. The number of alkyl halides is 3. The van der Waals surface area contributed by atoms with Crippen LogP contribution in [0.2, 0.25) is 0 Å². The fourth-order valence-electron chi connectivity index (χ4n) is 1.81. The second-order valence-corrected chi connectivity index (χ2v) is 5.99. The molecule has 10 heteroatoms. The summed E-state index contributed by atoms with van der Waals surface area (Å²) in [7, 11) is -5.78. The zero-order valence-electron chi connectivity index (χ0n) is 11.0. The first kappa shape index (κ1) is 15.3. The first-order chi connectivity index (χ1) is 10.7. The quantitative estimate of drug-likeness (QED) is 0.403. The van der Waals surface area contributed by atoms with Gasteiger partial charge in [-0.3, -0.25) is 4.79 Å². The first-order valence-electron chi connectivity index (χ1n) is 6.01. The third-order valence-electron chi connectivity index (χ3n) is 2.81. The average Bonchev–Trinajstić information content (AvgIpc) is 2.43. The van der Waals surface area contributed by atoms with E-state index >= 15 is 0 Å². The van der Waals surface area contributed by atoms with E-state index in [1.54, 1.807) is 0 Å². The Morgan fingerprint density at radius 3 is 2.52 bits per heavy atom. The molecule has 0 atom stereocenters. The number of benzene rings is 2. The van der Waals surface area contributed by atoms with Crippen LogP contribution in [0.3, 0.4) is 0 Å². The van der Waals surface area contributed by atoms with E-state index in [1.807, 2.05) is 0 Å². The molecule has 0 radical (unpaired) electrons. The van der Waals surface area contributed by atoms with Crippen LogP contribution in [0, 0.1) is 0 Å². The molecule has 23 heavy (non-hydrogen) atoms. The molecule has 0 spiro atoms. The van der Waals surface area contributed by atoms with Gasteiger partial charge in [0.1, 0.15) is 17.0 Å². The zero-order valence-corrected chi connectivity index (χ0v) is 11.8. The Labute approximate surface area is 126 Å². The lowest BCUT2D eigenvalue weighted by atomic mass is 10.2. The van der Waals surface area contributed by atoms with Crippen molar-refractivity contribution in [3.63, 3.8) is 0 Å². The predicted molar refractivity (Wildman–Crippen MR) is 72.5 cm³/mol. The van der Waals surface area contributed by atoms with Gasteiger partial charge in [-0.25, -0.2) is 4.98 Å². The molecule has 0 unspecified atom stereocenters. The lowest BCUT2D eigenvalue weighted by Gasteiger charge is -2.10. The van der Waals surface area contributed by atoms with Crippen molar-refractivity contribution in [2.75, 3.05) is 0 Å². The van der Waals surface area contributed by atoms with Crippen molar-refractivity contribution in [1.29, 1.82) is 0 Å². The Morgan fingerprint density at radius 2 is 1.83 bits per heavy atom. The van der Waals surface area contributed by atoms with Crippen molar-refractivity contribution >= 4 is 21.2 Å². The smallest absolute Gasteiger partial charge is 0.453 e. The molecule has 6 nitrogen and oxygen atoms in total. The van der Waals surface area contributed by atoms with Gasteiger partial charge in [0, 0.05) is 12.1 Å². The maximum atomic E-state index is 12.3. The van der Waals surface area contributed by atoms with Crippen LogP contribution < -0.4 is 9.61 Å². The van der Waals surface area contributed by atoms with Gasteiger partial charge in [0.05, 0.1) is 0 Å². The molecule has 0 saturated carbocycles. The largest absolute Gasteiger partial charge is 0.534 e. The Morgan fingerprint density at radius 1 is 1.09 bits per heavy atom. The molecule has 1 aliphatic heterocycles. The van der Waals surface area contributed by atoms with Gasteiger partial charge in [0.15, 0.2) is 16.8 Å². The topological polar surface area (TPSA) is 86.5 Å². The molecular weight excluding hydrogens is 339 g/mol. The van der Waals surface area contributed by atoms with Gasteiger partial charge in [-0.15, -0.1) is 0 Å². The number of halogens is 3. The summed E-state index contributed by atoms with van der Waals surface area (Å²) in [5, 5.41) is 0. The molecule has 120 valence electrons. The van der Waals surface area contributed by atoms with Crippen molar-refractivity contribution in [1.82, 2.24) is 4.98 Å². The Bertz CT molecular complexity index is 1030. The van der Waals surface area contributed by atoms with Crippen molar-refractivity contribution in [3.05, 3.63) is 46.6 Å². The standard InChI is InChI=1S/C13H6F3NO5S/c14-13(15,16)23(19,20)22-8-2-4-10-12(6-8)21-11-5-7(18)1-3-9(11)17-10/h1-6H. The molecule has 1 aromatic carbocycles. The van der Waals surface area contributed by atoms with E-state index < -0.39 is 21.4 Å². The summed E-state index contributed by atoms with van der Waals surface area (Å²) >= 11 is 0. The van der Waals surface area contributed by atoms with Crippen molar-refractivity contribution < 1.29 is 30.2 Å². The molecule has 0 N–H and O–H groups in total. The van der Waals surface area contributed by atoms with E-state index in [0.717, 1.165) is 18.2 Å². The van der Waals surface area contributed by atoms with E-state index in [0.29, 0.717) is 5.69 Å². The second-order valence-electron chi connectivity index (χ2n) is 4.46. The van der Waals surface area contributed by atoms with Gasteiger partial charge < -0.3 is 8.60 Å². The Balaban J connectivity index is 2.11. The molecule has 1 aliphatic carbocycles. The molecule has 0 bridgehead atoms. The number of hydrogen-bond donors (Lipinski definition) is 0. The van der Waals surface area contributed by atoms with Gasteiger partial charge in [-0.1, -0.05) is 0 Å². The summed E-state index contributed by atoms with van der Waals surface area (Å²) in [6, 6.07) is 7.07. The van der Waals surface area contributed by atoms with Crippen LogP contribution in [0.4, 0.5) is 13.2 Å². The van der Waals surface area contributed by atoms with E-state index in [9.17, 15) is 26.4 Å². The number of hydrogen-bond acceptors (Lipinski definition) is 6. The zero-order chi connectivity index (χ0) is 16.8. The third-order valence-corrected chi connectivity index (χ3v) is 3.79. The summed E-state index contributed by atoms with van der Waals surface area (Å²) in [6.45, 7) is 0. The number of fused-ring (bicyclic) bond motifs is 2. The molecule has 0 saturated heterocycles.